The van der Waals surface area contributed by atoms with Crippen LogP contribution >= 0.6 is 15.9 Å². The van der Waals surface area contributed by atoms with Gasteiger partial charge in [-0.15, -0.1) is 0 Å². The van der Waals surface area contributed by atoms with Gasteiger partial charge in [-0.05, 0) is 48.6 Å². The Labute approximate surface area is 140 Å². The molecule has 1 aliphatic heterocycles. The summed E-state index contributed by atoms with van der Waals surface area (Å²) >= 11 is 3.33. The van der Waals surface area contributed by atoms with Gasteiger partial charge in [0.05, 0.1) is 4.90 Å². The van der Waals surface area contributed by atoms with E-state index in [9.17, 15) is 8.42 Å². The van der Waals surface area contributed by atoms with Gasteiger partial charge in [0.1, 0.15) is 0 Å². The molecule has 2 aromatic rings. The van der Waals surface area contributed by atoms with Crippen LogP contribution in [-0.4, -0.2) is 25.8 Å². The van der Waals surface area contributed by atoms with Gasteiger partial charge in [-0.1, -0.05) is 46.3 Å². The predicted octanol–water partition coefficient (Wildman–Crippen LogP) is 4.02. The molecule has 1 saturated heterocycles. The van der Waals surface area contributed by atoms with Gasteiger partial charge in [-0.25, -0.2) is 8.42 Å². The highest BCUT2D eigenvalue weighted by Gasteiger charge is 2.29. The van der Waals surface area contributed by atoms with E-state index in [0.29, 0.717) is 23.9 Å². The minimum Gasteiger partial charge on any atom is -0.207 e. The molecule has 0 atom stereocenters. The molecular formula is C17H18BrNO2S. The van der Waals surface area contributed by atoms with Crippen LogP contribution in [0.5, 0.6) is 0 Å². The molecule has 2 aromatic carbocycles. The molecule has 3 rings (SSSR count). The first-order chi connectivity index (χ1) is 10.6. The fraction of sp³-hybridized carbons (Fsp3) is 0.294. The maximum Gasteiger partial charge on any atom is 0.243 e. The van der Waals surface area contributed by atoms with Gasteiger partial charge < -0.3 is 0 Å². The third-order valence-corrected chi connectivity index (χ3v) is 6.62. The highest BCUT2D eigenvalue weighted by Crippen LogP contribution is 2.30. The molecule has 116 valence electrons. The van der Waals surface area contributed by atoms with Crippen LogP contribution in [0.2, 0.25) is 0 Å². The van der Waals surface area contributed by atoms with Crippen LogP contribution in [0.3, 0.4) is 0 Å². The Balaban J connectivity index is 1.72. The van der Waals surface area contributed by atoms with E-state index in [2.05, 4.69) is 28.1 Å². The summed E-state index contributed by atoms with van der Waals surface area (Å²) in [6, 6.07) is 17.2. The summed E-state index contributed by atoms with van der Waals surface area (Å²) < 4.78 is 27.8. The first-order valence-corrected chi connectivity index (χ1v) is 9.61. The number of piperidine rings is 1. The molecule has 1 fully saturated rings. The molecule has 0 N–H and O–H groups in total. The SMILES string of the molecule is O=S(=O)(c1ccc(Br)cc1)N1CCC(c2ccccc2)CC1. The normalized spacial score (nSPS) is 17.5. The first-order valence-electron chi connectivity index (χ1n) is 7.38. The summed E-state index contributed by atoms with van der Waals surface area (Å²) in [4.78, 5) is 0.369. The van der Waals surface area contributed by atoms with Crippen molar-refractivity contribution in [2.24, 2.45) is 0 Å². The fourth-order valence-corrected chi connectivity index (χ4v) is 4.64. The van der Waals surface area contributed by atoms with Gasteiger partial charge in [0.15, 0.2) is 0 Å². The molecule has 0 aliphatic carbocycles. The Morgan fingerprint density at radius 2 is 1.50 bits per heavy atom. The quantitative estimate of drug-likeness (QED) is 0.807. The van der Waals surface area contributed by atoms with Crippen molar-refractivity contribution in [2.45, 2.75) is 23.7 Å². The van der Waals surface area contributed by atoms with Gasteiger partial charge >= 0.3 is 0 Å². The summed E-state index contributed by atoms with van der Waals surface area (Å²) in [5, 5.41) is 0. The Bertz CT molecular complexity index is 721. The Kier molecular flexibility index (Phi) is 4.66. The van der Waals surface area contributed by atoms with E-state index in [4.69, 9.17) is 0 Å². The van der Waals surface area contributed by atoms with Crippen molar-refractivity contribution in [3.05, 3.63) is 64.6 Å². The zero-order chi connectivity index (χ0) is 15.6. The number of rotatable bonds is 3. The number of hydrogen-bond acceptors (Lipinski definition) is 2. The van der Waals surface area contributed by atoms with Crippen molar-refractivity contribution >= 4 is 26.0 Å². The standard InChI is InChI=1S/C17H18BrNO2S/c18-16-6-8-17(9-7-16)22(20,21)19-12-10-15(11-13-19)14-4-2-1-3-5-14/h1-9,15H,10-13H2. The minimum absolute atomic E-state index is 0.369. The molecular weight excluding hydrogens is 362 g/mol. The monoisotopic (exact) mass is 379 g/mol. The van der Waals surface area contributed by atoms with Crippen molar-refractivity contribution in [3.63, 3.8) is 0 Å². The number of hydrogen-bond donors (Lipinski definition) is 0. The summed E-state index contributed by atoms with van der Waals surface area (Å²) in [5.41, 5.74) is 1.31. The van der Waals surface area contributed by atoms with Crippen molar-refractivity contribution < 1.29 is 8.42 Å². The highest BCUT2D eigenvalue weighted by molar-refractivity contribution is 9.10. The van der Waals surface area contributed by atoms with E-state index in [1.165, 1.54) is 5.56 Å². The average Bonchev–Trinajstić information content (AvgIpc) is 2.56. The number of sulfonamides is 1. The van der Waals surface area contributed by atoms with Crippen molar-refractivity contribution in [3.8, 4) is 0 Å². The molecule has 0 aromatic heterocycles. The van der Waals surface area contributed by atoms with E-state index in [-0.39, 0.29) is 0 Å². The van der Waals surface area contributed by atoms with Gasteiger partial charge in [0, 0.05) is 17.6 Å². The molecule has 22 heavy (non-hydrogen) atoms. The number of halogens is 1. The molecule has 0 amide bonds. The Hall–Kier alpha value is -1.17. The van der Waals surface area contributed by atoms with Crippen LogP contribution in [0.1, 0.15) is 24.3 Å². The second-order valence-electron chi connectivity index (χ2n) is 5.54. The first kappa shape index (κ1) is 15.7. The van der Waals surface area contributed by atoms with Gasteiger partial charge in [0.25, 0.3) is 0 Å². The molecule has 0 radical (unpaired) electrons. The van der Waals surface area contributed by atoms with Crippen LogP contribution in [0.15, 0.2) is 64.0 Å². The summed E-state index contributed by atoms with van der Waals surface area (Å²) in [7, 11) is -3.37. The highest BCUT2D eigenvalue weighted by atomic mass is 79.9. The third kappa shape index (κ3) is 3.26. The lowest BCUT2D eigenvalue weighted by molar-refractivity contribution is 0.319. The lowest BCUT2D eigenvalue weighted by atomic mass is 9.90. The molecule has 1 aliphatic rings. The van der Waals surface area contributed by atoms with Crippen molar-refractivity contribution in [1.29, 1.82) is 0 Å². The third-order valence-electron chi connectivity index (χ3n) is 4.18. The molecule has 5 heteroatoms. The van der Waals surface area contributed by atoms with Crippen LogP contribution in [0.25, 0.3) is 0 Å². The van der Waals surface area contributed by atoms with Gasteiger partial charge in [-0.2, -0.15) is 4.31 Å². The largest absolute Gasteiger partial charge is 0.243 e. The smallest absolute Gasteiger partial charge is 0.207 e. The Morgan fingerprint density at radius 1 is 0.909 bits per heavy atom. The lowest BCUT2D eigenvalue weighted by Gasteiger charge is -2.31. The molecule has 0 saturated carbocycles. The zero-order valence-electron chi connectivity index (χ0n) is 12.2. The van der Waals surface area contributed by atoms with Crippen LogP contribution in [-0.2, 0) is 10.0 Å². The van der Waals surface area contributed by atoms with E-state index in [0.717, 1.165) is 17.3 Å². The van der Waals surface area contributed by atoms with Gasteiger partial charge in [0.2, 0.25) is 10.0 Å². The van der Waals surface area contributed by atoms with E-state index in [1.807, 2.05) is 18.2 Å². The summed E-state index contributed by atoms with van der Waals surface area (Å²) in [5.74, 6) is 0.456. The van der Waals surface area contributed by atoms with Crippen molar-refractivity contribution in [2.75, 3.05) is 13.1 Å². The Morgan fingerprint density at radius 3 is 2.09 bits per heavy atom. The second kappa shape index (κ2) is 6.52. The number of benzene rings is 2. The van der Waals surface area contributed by atoms with Crippen LogP contribution < -0.4 is 0 Å². The fourth-order valence-electron chi connectivity index (χ4n) is 2.91. The van der Waals surface area contributed by atoms with Crippen LogP contribution in [0.4, 0.5) is 0 Å². The van der Waals surface area contributed by atoms with Gasteiger partial charge in [-0.3, -0.25) is 0 Å². The van der Waals surface area contributed by atoms with E-state index < -0.39 is 10.0 Å². The molecule has 0 bridgehead atoms. The predicted molar refractivity (Wildman–Crippen MR) is 91.3 cm³/mol. The van der Waals surface area contributed by atoms with Crippen LogP contribution in [0, 0.1) is 0 Å². The van der Waals surface area contributed by atoms with Crippen molar-refractivity contribution in [1.82, 2.24) is 4.31 Å². The molecule has 0 spiro atoms. The second-order valence-corrected chi connectivity index (χ2v) is 8.40. The zero-order valence-corrected chi connectivity index (χ0v) is 14.6. The molecule has 3 nitrogen and oxygen atoms in total. The maximum atomic E-state index is 12.7. The topological polar surface area (TPSA) is 37.4 Å². The maximum absolute atomic E-state index is 12.7. The number of nitrogens with zero attached hydrogens (tertiary/aromatic N) is 1. The minimum atomic E-state index is -3.37. The van der Waals surface area contributed by atoms with E-state index in [1.54, 1.807) is 28.6 Å². The van der Waals surface area contributed by atoms with E-state index >= 15 is 0 Å². The average molecular weight is 380 g/mol. The summed E-state index contributed by atoms with van der Waals surface area (Å²) in [6.07, 6.45) is 1.75. The molecule has 0 unspecified atom stereocenters. The summed E-state index contributed by atoms with van der Waals surface area (Å²) in [6.45, 7) is 1.16. The lowest BCUT2D eigenvalue weighted by Crippen LogP contribution is -2.37. The molecule has 1 heterocycles.